The Bertz CT molecular complexity index is 193. The molecule has 2 N–H and O–H groups in total. The lowest BCUT2D eigenvalue weighted by Crippen LogP contribution is -2.31. The largest absolute Gasteiger partial charge is 0.343 e. The SMILES string of the molecule is CC(C)NC(=O)SNC(=O)C(C)C. The van der Waals surface area contributed by atoms with E-state index in [-0.39, 0.29) is 23.1 Å². The first kappa shape index (κ1) is 12.3. The molecule has 5 heteroatoms. The second-order valence-corrected chi connectivity index (χ2v) is 4.09. The predicted molar refractivity (Wildman–Crippen MR) is 54.2 cm³/mol. The van der Waals surface area contributed by atoms with E-state index < -0.39 is 0 Å². The smallest absolute Gasteiger partial charge is 0.299 e. The molecule has 0 aliphatic rings. The van der Waals surface area contributed by atoms with E-state index in [9.17, 15) is 9.59 Å². The summed E-state index contributed by atoms with van der Waals surface area (Å²) in [5, 5.41) is 2.41. The van der Waals surface area contributed by atoms with E-state index in [1.165, 1.54) is 0 Å². The molecule has 76 valence electrons. The number of amides is 2. The van der Waals surface area contributed by atoms with Gasteiger partial charge in [-0.05, 0) is 13.8 Å². The van der Waals surface area contributed by atoms with E-state index in [0.29, 0.717) is 0 Å². The van der Waals surface area contributed by atoms with Crippen LogP contribution in [0, 0.1) is 5.92 Å². The maximum absolute atomic E-state index is 11.0. The summed E-state index contributed by atoms with van der Waals surface area (Å²) in [6.45, 7) is 7.28. The molecule has 0 radical (unpaired) electrons. The standard InChI is InChI=1S/C8H16N2O2S/c1-5(2)7(11)10-13-8(12)9-6(3)4/h5-6H,1-4H3,(H,9,12)(H,10,11). The lowest BCUT2D eigenvalue weighted by molar-refractivity contribution is -0.122. The minimum Gasteiger partial charge on any atom is -0.343 e. The van der Waals surface area contributed by atoms with Gasteiger partial charge in [0.05, 0.1) is 11.9 Å². The molecule has 0 saturated carbocycles. The zero-order valence-electron chi connectivity index (χ0n) is 8.38. The van der Waals surface area contributed by atoms with Crippen LogP contribution in [0.5, 0.6) is 0 Å². The summed E-state index contributed by atoms with van der Waals surface area (Å²) in [6, 6.07) is 0.0935. The molecule has 4 nitrogen and oxygen atoms in total. The van der Waals surface area contributed by atoms with Gasteiger partial charge in [-0.1, -0.05) is 13.8 Å². The quantitative estimate of drug-likeness (QED) is 0.670. The summed E-state index contributed by atoms with van der Waals surface area (Å²) in [5.41, 5.74) is 0. The number of nitrogens with one attached hydrogen (secondary N) is 2. The number of hydrogen-bond donors (Lipinski definition) is 2. The van der Waals surface area contributed by atoms with Crippen molar-refractivity contribution in [3.05, 3.63) is 0 Å². The first-order valence-corrected chi connectivity index (χ1v) is 5.02. The van der Waals surface area contributed by atoms with Gasteiger partial charge < -0.3 is 5.32 Å². The lowest BCUT2D eigenvalue weighted by Gasteiger charge is -2.08. The van der Waals surface area contributed by atoms with Crippen molar-refractivity contribution in [3.8, 4) is 0 Å². The molecule has 0 aromatic rings. The molecule has 0 aromatic heterocycles. The molecule has 2 amide bonds. The fraction of sp³-hybridized carbons (Fsp3) is 0.750. The molecule has 0 aliphatic carbocycles. The van der Waals surface area contributed by atoms with Crippen LogP contribution in [0.3, 0.4) is 0 Å². The third-order valence-corrected chi connectivity index (χ3v) is 1.78. The number of hydrogen-bond acceptors (Lipinski definition) is 3. The first-order valence-electron chi connectivity index (χ1n) is 4.20. The molecule has 0 fully saturated rings. The Labute approximate surface area is 83.0 Å². The lowest BCUT2D eigenvalue weighted by atomic mass is 10.2. The Hall–Kier alpha value is -0.710. The Morgan fingerprint density at radius 3 is 2.08 bits per heavy atom. The molecule has 0 aromatic carbocycles. The van der Waals surface area contributed by atoms with Gasteiger partial charge in [-0.25, -0.2) is 0 Å². The van der Waals surface area contributed by atoms with E-state index in [1.807, 2.05) is 13.8 Å². The number of carbonyl (C=O) groups excluding carboxylic acids is 2. The van der Waals surface area contributed by atoms with Gasteiger partial charge in [0.25, 0.3) is 5.24 Å². The summed E-state index contributed by atoms with van der Waals surface area (Å²) in [7, 11) is 0. The average Bonchev–Trinajstić information content (AvgIpc) is 1.98. The van der Waals surface area contributed by atoms with Crippen molar-refractivity contribution in [3.63, 3.8) is 0 Å². The molecule has 0 atom stereocenters. The topological polar surface area (TPSA) is 58.2 Å². The average molecular weight is 204 g/mol. The van der Waals surface area contributed by atoms with Gasteiger partial charge >= 0.3 is 0 Å². The highest BCUT2D eigenvalue weighted by Gasteiger charge is 2.09. The molecular weight excluding hydrogens is 188 g/mol. The summed E-state index contributed by atoms with van der Waals surface area (Å²) in [4.78, 5) is 22.0. The molecule has 0 spiro atoms. The minimum atomic E-state index is -0.232. The van der Waals surface area contributed by atoms with Gasteiger partial charge in [0, 0.05) is 12.0 Å². The number of rotatable bonds is 2. The number of carbonyl (C=O) groups is 2. The fourth-order valence-electron chi connectivity index (χ4n) is 0.480. The molecule has 0 heterocycles. The first-order chi connectivity index (χ1) is 5.93. The normalized spacial score (nSPS) is 10.3. The Morgan fingerprint density at radius 1 is 1.15 bits per heavy atom. The molecule has 0 aliphatic heterocycles. The van der Waals surface area contributed by atoms with Crippen molar-refractivity contribution in [1.82, 2.24) is 10.0 Å². The van der Waals surface area contributed by atoms with Crippen LogP contribution in [0.2, 0.25) is 0 Å². The second-order valence-electron chi connectivity index (χ2n) is 3.31. The fourth-order valence-corrected chi connectivity index (χ4v) is 1.20. The van der Waals surface area contributed by atoms with Crippen LogP contribution in [0.4, 0.5) is 4.79 Å². The second kappa shape index (κ2) is 5.85. The van der Waals surface area contributed by atoms with Crippen LogP contribution < -0.4 is 10.0 Å². The molecule has 0 saturated heterocycles. The minimum absolute atomic E-state index is 0.0935. The van der Waals surface area contributed by atoms with Crippen LogP contribution in [0.15, 0.2) is 0 Å². The van der Waals surface area contributed by atoms with Crippen molar-refractivity contribution in [1.29, 1.82) is 0 Å². The van der Waals surface area contributed by atoms with Crippen molar-refractivity contribution in [2.75, 3.05) is 0 Å². The van der Waals surface area contributed by atoms with Crippen LogP contribution in [-0.4, -0.2) is 17.2 Å². The van der Waals surface area contributed by atoms with Gasteiger partial charge in [-0.15, -0.1) is 0 Å². The zero-order valence-corrected chi connectivity index (χ0v) is 9.20. The third-order valence-electron chi connectivity index (χ3n) is 1.18. The van der Waals surface area contributed by atoms with Crippen molar-refractivity contribution in [2.24, 2.45) is 5.92 Å². The van der Waals surface area contributed by atoms with Crippen LogP contribution in [0.25, 0.3) is 0 Å². The van der Waals surface area contributed by atoms with Crippen molar-refractivity contribution in [2.45, 2.75) is 33.7 Å². The van der Waals surface area contributed by atoms with Gasteiger partial charge in [-0.2, -0.15) is 0 Å². The predicted octanol–water partition coefficient (Wildman–Crippen LogP) is 1.52. The van der Waals surface area contributed by atoms with E-state index in [2.05, 4.69) is 10.0 Å². The zero-order chi connectivity index (χ0) is 10.4. The molecule has 0 rings (SSSR count). The third kappa shape index (κ3) is 6.45. The van der Waals surface area contributed by atoms with E-state index >= 15 is 0 Å². The summed E-state index contributed by atoms with van der Waals surface area (Å²) >= 11 is 0.792. The summed E-state index contributed by atoms with van der Waals surface area (Å²) in [5.74, 6) is -0.233. The van der Waals surface area contributed by atoms with E-state index in [4.69, 9.17) is 0 Å². The highest BCUT2D eigenvalue weighted by Crippen LogP contribution is 2.00. The van der Waals surface area contributed by atoms with Gasteiger partial charge in [0.1, 0.15) is 0 Å². The van der Waals surface area contributed by atoms with Gasteiger partial charge in [-0.3, -0.25) is 14.3 Å². The maximum Gasteiger partial charge on any atom is 0.299 e. The monoisotopic (exact) mass is 204 g/mol. The summed E-state index contributed by atoms with van der Waals surface area (Å²) < 4.78 is 2.45. The Kier molecular flexibility index (Phi) is 5.53. The molecule has 0 unspecified atom stereocenters. The van der Waals surface area contributed by atoms with Crippen LogP contribution in [0.1, 0.15) is 27.7 Å². The van der Waals surface area contributed by atoms with Gasteiger partial charge in [0.2, 0.25) is 5.91 Å². The molecule has 0 bridgehead atoms. The highest BCUT2D eigenvalue weighted by molar-refractivity contribution is 8.12. The van der Waals surface area contributed by atoms with Gasteiger partial charge in [0.15, 0.2) is 0 Å². The van der Waals surface area contributed by atoms with Crippen molar-refractivity contribution >= 4 is 23.1 Å². The van der Waals surface area contributed by atoms with E-state index in [1.54, 1.807) is 13.8 Å². The Balaban J connectivity index is 3.64. The van der Waals surface area contributed by atoms with Crippen LogP contribution in [-0.2, 0) is 4.79 Å². The summed E-state index contributed by atoms with van der Waals surface area (Å²) in [6.07, 6.45) is 0. The highest BCUT2D eigenvalue weighted by atomic mass is 32.2. The van der Waals surface area contributed by atoms with E-state index in [0.717, 1.165) is 11.9 Å². The Morgan fingerprint density at radius 2 is 1.69 bits per heavy atom. The molecular formula is C8H16N2O2S. The van der Waals surface area contributed by atoms with Crippen molar-refractivity contribution < 1.29 is 9.59 Å². The van der Waals surface area contributed by atoms with Crippen LogP contribution >= 0.6 is 11.9 Å². The molecule has 13 heavy (non-hydrogen) atoms. The maximum atomic E-state index is 11.0.